The molecule has 0 saturated heterocycles. The second-order valence-electron chi connectivity index (χ2n) is 2.05. The number of halogens is 1. The van der Waals surface area contributed by atoms with E-state index in [0.29, 0.717) is 5.82 Å². The molecule has 0 bridgehead atoms. The Morgan fingerprint density at radius 2 is 2.36 bits per heavy atom. The van der Waals surface area contributed by atoms with Crippen LogP contribution in [-0.4, -0.2) is 11.3 Å². The Hall–Kier alpha value is -0.900. The molecular weight excluding hydrogens is 208 g/mol. The van der Waals surface area contributed by atoms with Crippen molar-refractivity contribution in [3.8, 4) is 0 Å². The lowest BCUT2D eigenvalue weighted by atomic mass is 10.2. The van der Waals surface area contributed by atoms with Crippen LogP contribution < -0.4 is 5.73 Å². The average molecular weight is 215 g/mol. The van der Waals surface area contributed by atoms with Gasteiger partial charge in [-0.1, -0.05) is 22.0 Å². The van der Waals surface area contributed by atoms with Crippen LogP contribution >= 0.6 is 15.9 Å². The molecule has 0 amide bonds. The molecule has 58 valence electrons. The first kappa shape index (κ1) is 8.20. The fraction of sp³-hybridized carbons (Fsp3) is 0.143. The van der Waals surface area contributed by atoms with E-state index in [1.54, 1.807) is 18.3 Å². The van der Waals surface area contributed by atoms with Crippen LogP contribution in [0.4, 0.5) is 5.82 Å². The minimum absolute atomic E-state index is 0.282. The molecule has 11 heavy (non-hydrogen) atoms. The van der Waals surface area contributed by atoms with Gasteiger partial charge in [0.2, 0.25) is 0 Å². The van der Waals surface area contributed by atoms with E-state index in [1.807, 2.05) is 0 Å². The van der Waals surface area contributed by atoms with Crippen LogP contribution in [0.1, 0.15) is 10.4 Å². The maximum Gasteiger partial charge on any atom is 0.138 e. The van der Waals surface area contributed by atoms with Gasteiger partial charge in [-0.25, -0.2) is 4.98 Å². The molecule has 0 spiro atoms. The molecular formula is C7H7BrN2O. The van der Waals surface area contributed by atoms with E-state index in [-0.39, 0.29) is 4.83 Å². The summed E-state index contributed by atoms with van der Waals surface area (Å²) in [6.07, 6.45) is 2.37. The highest BCUT2D eigenvalue weighted by atomic mass is 79.9. The Bertz CT molecular complexity index is 247. The number of hydrogen-bond donors (Lipinski definition) is 1. The smallest absolute Gasteiger partial charge is 0.138 e. The van der Waals surface area contributed by atoms with Gasteiger partial charge in [0, 0.05) is 6.20 Å². The topological polar surface area (TPSA) is 56.0 Å². The van der Waals surface area contributed by atoms with Crippen LogP contribution in [-0.2, 0) is 4.79 Å². The van der Waals surface area contributed by atoms with Gasteiger partial charge < -0.3 is 10.5 Å². The monoisotopic (exact) mass is 214 g/mol. The molecule has 4 heteroatoms. The molecule has 3 nitrogen and oxygen atoms in total. The van der Waals surface area contributed by atoms with Crippen LogP contribution in [0.15, 0.2) is 18.3 Å². The second kappa shape index (κ2) is 3.48. The first-order valence-electron chi connectivity index (χ1n) is 3.05. The molecule has 1 heterocycles. The highest BCUT2D eigenvalue weighted by Crippen LogP contribution is 2.18. The molecule has 1 aromatic heterocycles. The number of carbonyl (C=O) groups excluding carboxylic acids is 1. The average Bonchev–Trinajstić information content (AvgIpc) is 2.05. The summed E-state index contributed by atoms with van der Waals surface area (Å²) >= 11 is 3.16. The van der Waals surface area contributed by atoms with Crippen LogP contribution in [0.3, 0.4) is 0 Å². The van der Waals surface area contributed by atoms with Gasteiger partial charge in [0.1, 0.15) is 12.1 Å². The molecule has 1 rings (SSSR count). The zero-order valence-corrected chi connectivity index (χ0v) is 7.28. The van der Waals surface area contributed by atoms with Crippen LogP contribution in [0.5, 0.6) is 0 Å². The van der Waals surface area contributed by atoms with Gasteiger partial charge in [0.25, 0.3) is 0 Å². The molecule has 0 aliphatic heterocycles. The Morgan fingerprint density at radius 1 is 1.64 bits per heavy atom. The highest BCUT2D eigenvalue weighted by Gasteiger charge is 2.04. The van der Waals surface area contributed by atoms with Crippen molar-refractivity contribution >= 4 is 28.0 Å². The van der Waals surface area contributed by atoms with Crippen molar-refractivity contribution in [2.75, 3.05) is 5.73 Å². The number of anilines is 1. The molecule has 1 aromatic rings. The van der Waals surface area contributed by atoms with Gasteiger partial charge in [-0.15, -0.1) is 0 Å². The minimum Gasteiger partial charge on any atom is -0.384 e. The van der Waals surface area contributed by atoms with Crippen LogP contribution in [0.2, 0.25) is 0 Å². The number of pyridine rings is 1. The van der Waals surface area contributed by atoms with Crippen molar-refractivity contribution in [1.29, 1.82) is 0 Å². The zero-order chi connectivity index (χ0) is 8.27. The highest BCUT2D eigenvalue weighted by molar-refractivity contribution is 9.09. The summed E-state index contributed by atoms with van der Waals surface area (Å²) in [6.45, 7) is 0. The van der Waals surface area contributed by atoms with Crippen LogP contribution in [0, 0.1) is 0 Å². The molecule has 2 N–H and O–H groups in total. The van der Waals surface area contributed by atoms with Crippen molar-refractivity contribution in [2.24, 2.45) is 0 Å². The number of carbonyl (C=O) groups is 1. The first-order valence-corrected chi connectivity index (χ1v) is 3.96. The van der Waals surface area contributed by atoms with E-state index in [0.717, 1.165) is 11.8 Å². The van der Waals surface area contributed by atoms with Crippen molar-refractivity contribution in [3.05, 3.63) is 23.9 Å². The maximum absolute atomic E-state index is 10.3. The molecule has 0 aliphatic rings. The molecule has 1 unspecified atom stereocenters. The fourth-order valence-corrected chi connectivity index (χ4v) is 0.929. The summed E-state index contributed by atoms with van der Waals surface area (Å²) in [5.41, 5.74) is 6.17. The SMILES string of the molecule is Nc1ccc(C(Br)C=O)cn1. The van der Waals surface area contributed by atoms with E-state index in [9.17, 15) is 4.79 Å². The van der Waals surface area contributed by atoms with Gasteiger partial charge in [0.05, 0.1) is 4.83 Å². The van der Waals surface area contributed by atoms with E-state index in [4.69, 9.17) is 5.73 Å². The third-order valence-electron chi connectivity index (χ3n) is 1.25. The summed E-state index contributed by atoms with van der Waals surface area (Å²) in [6, 6.07) is 3.42. The van der Waals surface area contributed by atoms with Gasteiger partial charge in [0.15, 0.2) is 0 Å². The maximum atomic E-state index is 10.3. The normalized spacial score (nSPS) is 12.5. The number of aldehydes is 1. The Morgan fingerprint density at radius 3 is 2.82 bits per heavy atom. The Kier molecular flexibility index (Phi) is 2.59. The number of rotatable bonds is 2. The first-order chi connectivity index (χ1) is 5.24. The predicted octanol–water partition coefficient (Wildman–Crippen LogP) is 1.30. The summed E-state index contributed by atoms with van der Waals surface area (Å²) in [5, 5.41) is 0. The van der Waals surface area contributed by atoms with Gasteiger partial charge in [-0.05, 0) is 11.6 Å². The van der Waals surface area contributed by atoms with Crippen LogP contribution in [0.25, 0.3) is 0 Å². The lowest BCUT2D eigenvalue weighted by Gasteiger charge is -2.00. The minimum atomic E-state index is -0.282. The molecule has 1 atom stereocenters. The number of nitrogens with two attached hydrogens (primary N) is 1. The molecule has 0 radical (unpaired) electrons. The molecule has 0 fully saturated rings. The van der Waals surface area contributed by atoms with Crippen molar-refractivity contribution < 1.29 is 4.79 Å². The summed E-state index contributed by atoms with van der Waals surface area (Å²) in [7, 11) is 0. The Labute approximate surface area is 72.7 Å². The number of aromatic nitrogens is 1. The Balaban J connectivity index is 2.89. The van der Waals surface area contributed by atoms with Crippen molar-refractivity contribution in [3.63, 3.8) is 0 Å². The second-order valence-corrected chi connectivity index (χ2v) is 3.04. The summed E-state index contributed by atoms with van der Waals surface area (Å²) in [5.74, 6) is 0.458. The van der Waals surface area contributed by atoms with E-state index >= 15 is 0 Å². The zero-order valence-electron chi connectivity index (χ0n) is 5.70. The van der Waals surface area contributed by atoms with Crippen molar-refractivity contribution in [1.82, 2.24) is 4.98 Å². The largest absolute Gasteiger partial charge is 0.384 e. The number of hydrogen-bond acceptors (Lipinski definition) is 3. The lowest BCUT2D eigenvalue weighted by molar-refractivity contribution is -0.107. The quantitative estimate of drug-likeness (QED) is 0.597. The standard InChI is InChI=1S/C7H7BrN2O/c8-6(4-11)5-1-2-7(9)10-3-5/h1-4,6H,(H2,9,10). The lowest BCUT2D eigenvalue weighted by Crippen LogP contribution is -1.94. The van der Waals surface area contributed by atoms with Gasteiger partial charge in [-0.3, -0.25) is 0 Å². The van der Waals surface area contributed by atoms with Gasteiger partial charge in [-0.2, -0.15) is 0 Å². The predicted molar refractivity (Wildman–Crippen MR) is 46.4 cm³/mol. The van der Waals surface area contributed by atoms with E-state index in [2.05, 4.69) is 20.9 Å². The third-order valence-corrected chi connectivity index (χ3v) is 1.99. The number of alkyl halides is 1. The number of nitrogens with zero attached hydrogens (tertiary/aromatic N) is 1. The van der Waals surface area contributed by atoms with Gasteiger partial charge >= 0.3 is 0 Å². The number of nitrogen functional groups attached to an aromatic ring is 1. The van der Waals surface area contributed by atoms with E-state index in [1.165, 1.54) is 0 Å². The summed E-state index contributed by atoms with van der Waals surface area (Å²) in [4.78, 5) is 13.8. The third kappa shape index (κ3) is 2.01. The molecule has 0 saturated carbocycles. The van der Waals surface area contributed by atoms with E-state index < -0.39 is 0 Å². The molecule has 0 aliphatic carbocycles. The molecule has 0 aromatic carbocycles. The van der Waals surface area contributed by atoms with Crippen molar-refractivity contribution in [2.45, 2.75) is 4.83 Å². The fourth-order valence-electron chi connectivity index (χ4n) is 0.658. The summed E-state index contributed by atoms with van der Waals surface area (Å²) < 4.78 is 0.